The first-order valence-electron chi connectivity index (χ1n) is 4.95. The first-order chi connectivity index (χ1) is 7.15. The van der Waals surface area contributed by atoms with Crippen molar-refractivity contribution in [3.63, 3.8) is 0 Å². The first kappa shape index (κ1) is 12.0. The van der Waals surface area contributed by atoms with Crippen molar-refractivity contribution in [3.05, 3.63) is 28.5 Å². The van der Waals surface area contributed by atoms with Gasteiger partial charge in [0.1, 0.15) is 0 Å². The maximum absolute atomic E-state index is 11.5. The molecule has 1 aromatic rings. The van der Waals surface area contributed by atoms with Crippen LogP contribution in [0, 0.1) is 6.92 Å². The van der Waals surface area contributed by atoms with Gasteiger partial charge in [-0.2, -0.15) is 0 Å². The van der Waals surface area contributed by atoms with Crippen molar-refractivity contribution >= 4 is 17.6 Å². The number of pyridine rings is 1. The Hall–Kier alpha value is -1.09. The second kappa shape index (κ2) is 5.71. The van der Waals surface area contributed by atoms with Gasteiger partial charge >= 0.3 is 5.97 Å². The van der Waals surface area contributed by atoms with E-state index in [-0.39, 0.29) is 5.69 Å². The minimum atomic E-state index is -0.447. The molecule has 0 radical (unpaired) electrons. The maximum atomic E-state index is 11.5. The molecule has 0 aromatic carbocycles. The van der Waals surface area contributed by atoms with Gasteiger partial charge in [0, 0.05) is 5.69 Å². The molecule has 0 saturated carbocycles. The fraction of sp³-hybridized carbons (Fsp3) is 0.455. The SMILES string of the molecule is CCCCOC(=O)c1nc(C)ccc1Cl. The summed E-state index contributed by atoms with van der Waals surface area (Å²) in [6.07, 6.45) is 1.84. The van der Waals surface area contributed by atoms with Crippen molar-refractivity contribution in [3.8, 4) is 0 Å². The molecule has 0 N–H and O–H groups in total. The summed E-state index contributed by atoms with van der Waals surface area (Å²) in [5, 5.41) is 0.335. The van der Waals surface area contributed by atoms with Crippen LogP contribution >= 0.6 is 11.6 Å². The van der Waals surface area contributed by atoms with E-state index in [2.05, 4.69) is 4.98 Å². The second-order valence-electron chi connectivity index (χ2n) is 3.27. The third kappa shape index (κ3) is 3.51. The Balaban J connectivity index is 2.68. The molecule has 0 amide bonds. The molecular formula is C11H14ClNO2. The molecule has 0 fully saturated rings. The number of carbonyl (C=O) groups excluding carboxylic acids is 1. The third-order valence-electron chi connectivity index (χ3n) is 1.91. The van der Waals surface area contributed by atoms with Crippen LogP contribution in [0.15, 0.2) is 12.1 Å². The largest absolute Gasteiger partial charge is 0.461 e. The van der Waals surface area contributed by atoms with E-state index in [1.54, 1.807) is 19.1 Å². The van der Waals surface area contributed by atoms with Crippen molar-refractivity contribution < 1.29 is 9.53 Å². The van der Waals surface area contributed by atoms with Crippen LogP contribution < -0.4 is 0 Å². The third-order valence-corrected chi connectivity index (χ3v) is 2.21. The van der Waals surface area contributed by atoms with Crippen LogP contribution in [0.3, 0.4) is 0 Å². The molecule has 0 aliphatic rings. The van der Waals surface area contributed by atoms with Gasteiger partial charge in [0.2, 0.25) is 0 Å². The highest BCUT2D eigenvalue weighted by Gasteiger charge is 2.13. The average molecular weight is 228 g/mol. The molecule has 1 aromatic heterocycles. The van der Waals surface area contributed by atoms with E-state index in [9.17, 15) is 4.79 Å². The molecule has 0 bridgehead atoms. The Labute approximate surface area is 94.4 Å². The molecule has 1 rings (SSSR count). The van der Waals surface area contributed by atoms with Gasteiger partial charge in [-0.25, -0.2) is 9.78 Å². The molecule has 1 heterocycles. The zero-order valence-corrected chi connectivity index (χ0v) is 9.67. The highest BCUT2D eigenvalue weighted by Crippen LogP contribution is 2.15. The molecule has 82 valence electrons. The van der Waals surface area contributed by atoms with Crippen molar-refractivity contribution in [1.82, 2.24) is 4.98 Å². The van der Waals surface area contributed by atoms with Crippen molar-refractivity contribution in [2.75, 3.05) is 6.61 Å². The predicted octanol–water partition coefficient (Wildman–Crippen LogP) is 3.00. The fourth-order valence-corrected chi connectivity index (χ4v) is 1.24. The average Bonchev–Trinajstić information content (AvgIpc) is 2.22. The summed E-state index contributed by atoms with van der Waals surface area (Å²) < 4.78 is 5.02. The number of aryl methyl sites for hydroxylation is 1. The van der Waals surface area contributed by atoms with Crippen LogP contribution in [-0.2, 0) is 4.74 Å². The van der Waals surface area contributed by atoms with Crippen molar-refractivity contribution in [2.45, 2.75) is 26.7 Å². The molecule has 15 heavy (non-hydrogen) atoms. The van der Waals surface area contributed by atoms with Crippen molar-refractivity contribution in [2.24, 2.45) is 0 Å². The number of hydrogen-bond donors (Lipinski definition) is 0. The van der Waals surface area contributed by atoms with Gasteiger partial charge < -0.3 is 4.74 Å². The van der Waals surface area contributed by atoms with Crippen LogP contribution in [-0.4, -0.2) is 17.6 Å². The second-order valence-corrected chi connectivity index (χ2v) is 3.68. The van der Waals surface area contributed by atoms with E-state index in [0.717, 1.165) is 18.5 Å². The van der Waals surface area contributed by atoms with Gasteiger partial charge in [-0.1, -0.05) is 24.9 Å². The standard InChI is InChI=1S/C11H14ClNO2/c1-3-4-7-15-11(14)10-9(12)6-5-8(2)13-10/h5-6H,3-4,7H2,1-2H3. The molecule has 0 aliphatic carbocycles. The zero-order chi connectivity index (χ0) is 11.3. The van der Waals surface area contributed by atoms with Gasteiger partial charge in [0.25, 0.3) is 0 Å². The number of hydrogen-bond acceptors (Lipinski definition) is 3. The number of rotatable bonds is 4. The van der Waals surface area contributed by atoms with Gasteiger partial charge in [0.05, 0.1) is 11.6 Å². The summed E-state index contributed by atoms with van der Waals surface area (Å²) in [4.78, 5) is 15.6. The van der Waals surface area contributed by atoms with Gasteiger partial charge in [-0.15, -0.1) is 0 Å². The summed E-state index contributed by atoms with van der Waals surface area (Å²) in [5.74, 6) is -0.447. The minimum absolute atomic E-state index is 0.202. The summed E-state index contributed by atoms with van der Waals surface area (Å²) >= 11 is 5.84. The van der Waals surface area contributed by atoms with Crippen LogP contribution in [0.2, 0.25) is 5.02 Å². The van der Waals surface area contributed by atoms with Crippen LogP contribution in [0.4, 0.5) is 0 Å². The summed E-state index contributed by atoms with van der Waals surface area (Å²) in [5.41, 5.74) is 0.953. The Morgan fingerprint density at radius 2 is 2.27 bits per heavy atom. The number of esters is 1. The molecule has 0 saturated heterocycles. The monoisotopic (exact) mass is 227 g/mol. The number of ether oxygens (including phenoxy) is 1. The Morgan fingerprint density at radius 3 is 2.93 bits per heavy atom. The predicted molar refractivity (Wildman–Crippen MR) is 59.2 cm³/mol. The lowest BCUT2D eigenvalue weighted by molar-refractivity contribution is 0.0493. The fourth-order valence-electron chi connectivity index (χ4n) is 1.06. The first-order valence-corrected chi connectivity index (χ1v) is 5.33. The lowest BCUT2D eigenvalue weighted by Gasteiger charge is -2.05. The maximum Gasteiger partial charge on any atom is 0.358 e. The smallest absolute Gasteiger partial charge is 0.358 e. The van der Waals surface area contributed by atoms with E-state index in [0.29, 0.717) is 11.6 Å². The molecule has 0 atom stereocenters. The van der Waals surface area contributed by atoms with E-state index in [1.165, 1.54) is 0 Å². The van der Waals surface area contributed by atoms with E-state index in [4.69, 9.17) is 16.3 Å². The minimum Gasteiger partial charge on any atom is -0.461 e. The Morgan fingerprint density at radius 1 is 1.53 bits per heavy atom. The highest BCUT2D eigenvalue weighted by molar-refractivity contribution is 6.33. The number of nitrogens with zero attached hydrogens (tertiary/aromatic N) is 1. The van der Waals surface area contributed by atoms with Crippen molar-refractivity contribution in [1.29, 1.82) is 0 Å². The lowest BCUT2D eigenvalue weighted by atomic mass is 10.3. The normalized spacial score (nSPS) is 10.1. The molecule has 0 spiro atoms. The van der Waals surface area contributed by atoms with Crippen LogP contribution in [0.5, 0.6) is 0 Å². The van der Waals surface area contributed by atoms with E-state index >= 15 is 0 Å². The van der Waals surface area contributed by atoms with Crippen LogP contribution in [0.25, 0.3) is 0 Å². The molecule has 0 unspecified atom stereocenters. The Kier molecular flexibility index (Phi) is 4.56. The summed E-state index contributed by atoms with van der Waals surface area (Å²) in [6, 6.07) is 3.41. The Bertz CT molecular complexity index is 352. The molecule has 4 heteroatoms. The molecule has 3 nitrogen and oxygen atoms in total. The summed E-state index contributed by atoms with van der Waals surface area (Å²) in [7, 11) is 0. The van der Waals surface area contributed by atoms with Gasteiger partial charge in [0.15, 0.2) is 5.69 Å². The van der Waals surface area contributed by atoms with E-state index < -0.39 is 5.97 Å². The highest BCUT2D eigenvalue weighted by atomic mass is 35.5. The van der Waals surface area contributed by atoms with E-state index in [1.807, 2.05) is 6.92 Å². The number of unbranched alkanes of at least 4 members (excludes halogenated alkanes) is 1. The molecular weight excluding hydrogens is 214 g/mol. The lowest BCUT2D eigenvalue weighted by Crippen LogP contribution is -2.09. The van der Waals surface area contributed by atoms with Crippen LogP contribution in [0.1, 0.15) is 35.9 Å². The topological polar surface area (TPSA) is 39.2 Å². The number of halogens is 1. The number of carbonyl (C=O) groups is 1. The van der Waals surface area contributed by atoms with Gasteiger partial charge in [-0.05, 0) is 25.5 Å². The molecule has 0 aliphatic heterocycles. The summed E-state index contributed by atoms with van der Waals surface area (Å²) in [6.45, 7) is 4.26. The number of aromatic nitrogens is 1. The quantitative estimate of drug-likeness (QED) is 0.586. The van der Waals surface area contributed by atoms with Gasteiger partial charge in [-0.3, -0.25) is 0 Å². The zero-order valence-electron chi connectivity index (χ0n) is 8.92.